The topological polar surface area (TPSA) is 45.2 Å². The number of piperazine rings is 1. The van der Waals surface area contributed by atoms with Crippen LogP contribution in [0.1, 0.15) is 18.4 Å². The van der Waals surface area contributed by atoms with Crippen molar-refractivity contribution in [2.24, 2.45) is 5.92 Å². The first kappa shape index (κ1) is 18.7. The van der Waals surface area contributed by atoms with Gasteiger partial charge in [-0.25, -0.2) is 0 Å². The van der Waals surface area contributed by atoms with E-state index in [0.29, 0.717) is 12.5 Å². The lowest BCUT2D eigenvalue weighted by Crippen LogP contribution is -2.52. The number of benzene rings is 1. The number of rotatable bonds is 4. The molecule has 0 saturated carbocycles. The molecule has 4 rings (SSSR count). The van der Waals surface area contributed by atoms with Gasteiger partial charge >= 0.3 is 0 Å². The first-order chi connectivity index (χ1) is 13.2. The summed E-state index contributed by atoms with van der Waals surface area (Å²) >= 11 is 0. The van der Waals surface area contributed by atoms with Gasteiger partial charge in [-0.1, -0.05) is 12.1 Å². The van der Waals surface area contributed by atoms with Crippen molar-refractivity contribution in [3.63, 3.8) is 0 Å². The number of hydrogen-bond acceptors (Lipinski definition) is 5. The Hall–Kier alpha value is -1.63. The Morgan fingerprint density at radius 1 is 1.04 bits per heavy atom. The van der Waals surface area contributed by atoms with Crippen LogP contribution in [0.5, 0.6) is 0 Å². The smallest absolute Gasteiger partial charge is 0.236 e. The molecule has 3 aliphatic heterocycles. The predicted octanol–water partition coefficient (Wildman–Crippen LogP) is 1.73. The van der Waals surface area contributed by atoms with Crippen molar-refractivity contribution in [3.8, 4) is 0 Å². The van der Waals surface area contributed by atoms with E-state index < -0.39 is 0 Å². The lowest BCUT2D eigenvalue weighted by Gasteiger charge is -2.38. The minimum Gasteiger partial charge on any atom is -0.368 e. The number of aryl methyl sites for hydroxylation is 1. The zero-order chi connectivity index (χ0) is 18.6. The number of ether oxygens (including phenoxy) is 2. The maximum Gasteiger partial charge on any atom is 0.236 e. The lowest BCUT2D eigenvalue weighted by molar-refractivity contribution is -0.134. The van der Waals surface area contributed by atoms with Gasteiger partial charge in [0.1, 0.15) is 0 Å². The summed E-state index contributed by atoms with van der Waals surface area (Å²) in [6.45, 7) is 9.48. The van der Waals surface area contributed by atoms with Crippen molar-refractivity contribution < 1.29 is 14.3 Å². The number of nitrogens with zero attached hydrogens (tertiary/aromatic N) is 3. The molecule has 3 saturated heterocycles. The van der Waals surface area contributed by atoms with Crippen LogP contribution in [-0.4, -0.2) is 81.0 Å². The molecule has 1 aromatic carbocycles. The highest BCUT2D eigenvalue weighted by molar-refractivity contribution is 5.78. The monoisotopic (exact) mass is 373 g/mol. The molecule has 27 heavy (non-hydrogen) atoms. The van der Waals surface area contributed by atoms with Crippen LogP contribution in [0, 0.1) is 12.8 Å². The summed E-state index contributed by atoms with van der Waals surface area (Å²) in [5.41, 5.74) is 2.54. The summed E-state index contributed by atoms with van der Waals surface area (Å²) in [5, 5.41) is 0. The van der Waals surface area contributed by atoms with Gasteiger partial charge in [0.25, 0.3) is 0 Å². The van der Waals surface area contributed by atoms with E-state index in [0.717, 1.165) is 65.3 Å². The Kier molecular flexibility index (Phi) is 5.95. The molecule has 3 heterocycles. The molecule has 0 bridgehead atoms. The number of likely N-dealkylation sites (tertiary alicyclic amines) is 1. The second-order valence-electron chi connectivity index (χ2n) is 7.93. The van der Waals surface area contributed by atoms with Crippen LogP contribution in [0.4, 0.5) is 5.69 Å². The molecular weight excluding hydrogens is 342 g/mol. The van der Waals surface area contributed by atoms with Gasteiger partial charge in [-0.15, -0.1) is 0 Å². The van der Waals surface area contributed by atoms with Crippen molar-refractivity contribution in [1.82, 2.24) is 9.80 Å². The Morgan fingerprint density at radius 3 is 2.41 bits per heavy atom. The second kappa shape index (κ2) is 8.59. The van der Waals surface area contributed by atoms with Crippen LogP contribution in [0.15, 0.2) is 24.3 Å². The molecule has 6 nitrogen and oxygen atoms in total. The van der Waals surface area contributed by atoms with Crippen LogP contribution in [0.3, 0.4) is 0 Å². The maximum absolute atomic E-state index is 12.7. The van der Waals surface area contributed by atoms with Crippen molar-refractivity contribution in [1.29, 1.82) is 0 Å². The summed E-state index contributed by atoms with van der Waals surface area (Å²) in [4.78, 5) is 19.4. The third kappa shape index (κ3) is 4.62. The van der Waals surface area contributed by atoms with Crippen molar-refractivity contribution in [3.05, 3.63) is 29.8 Å². The largest absolute Gasteiger partial charge is 0.368 e. The average molecular weight is 373 g/mol. The summed E-state index contributed by atoms with van der Waals surface area (Å²) in [6, 6.07) is 8.61. The van der Waals surface area contributed by atoms with Crippen molar-refractivity contribution in [2.75, 3.05) is 63.9 Å². The van der Waals surface area contributed by atoms with Gasteiger partial charge in [0.15, 0.2) is 6.29 Å². The zero-order valence-corrected chi connectivity index (χ0v) is 16.3. The molecule has 0 unspecified atom stereocenters. The molecule has 0 spiro atoms. The van der Waals surface area contributed by atoms with E-state index in [4.69, 9.17) is 9.47 Å². The van der Waals surface area contributed by atoms with Gasteiger partial charge < -0.3 is 19.3 Å². The van der Waals surface area contributed by atoms with E-state index in [2.05, 4.69) is 41.0 Å². The number of anilines is 1. The van der Waals surface area contributed by atoms with E-state index in [1.54, 1.807) is 0 Å². The Morgan fingerprint density at radius 2 is 1.74 bits per heavy atom. The van der Waals surface area contributed by atoms with Crippen LogP contribution in [0.25, 0.3) is 0 Å². The van der Waals surface area contributed by atoms with E-state index >= 15 is 0 Å². The van der Waals surface area contributed by atoms with E-state index in [1.165, 1.54) is 11.3 Å². The first-order valence-corrected chi connectivity index (χ1v) is 10.2. The van der Waals surface area contributed by atoms with E-state index in [-0.39, 0.29) is 12.2 Å². The van der Waals surface area contributed by atoms with Crippen LogP contribution in [0.2, 0.25) is 0 Å². The molecular formula is C21H31N3O3. The molecule has 3 aliphatic rings. The van der Waals surface area contributed by atoms with Crippen LogP contribution >= 0.6 is 0 Å². The summed E-state index contributed by atoms with van der Waals surface area (Å²) in [7, 11) is 0. The van der Waals surface area contributed by atoms with Gasteiger partial charge in [-0.2, -0.15) is 0 Å². The fourth-order valence-electron chi connectivity index (χ4n) is 4.36. The molecule has 1 amide bonds. The second-order valence-corrected chi connectivity index (χ2v) is 7.93. The third-order valence-electron chi connectivity index (χ3n) is 6.02. The molecule has 0 atom stereocenters. The number of carbonyl (C=O) groups is 1. The number of amides is 1. The first-order valence-electron chi connectivity index (χ1n) is 10.2. The van der Waals surface area contributed by atoms with E-state index in [9.17, 15) is 4.79 Å². The van der Waals surface area contributed by atoms with Crippen LogP contribution < -0.4 is 4.90 Å². The normalized spacial score (nSPS) is 23.1. The zero-order valence-electron chi connectivity index (χ0n) is 16.3. The highest BCUT2D eigenvalue weighted by Crippen LogP contribution is 2.26. The number of piperidine rings is 1. The minimum absolute atomic E-state index is 0.0162. The highest BCUT2D eigenvalue weighted by atomic mass is 16.7. The van der Waals surface area contributed by atoms with Gasteiger partial charge in [0, 0.05) is 37.8 Å². The minimum atomic E-state index is -0.0162. The van der Waals surface area contributed by atoms with Crippen LogP contribution in [-0.2, 0) is 14.3 Å². The van der Waals surface area contributed by atoms with Gasteiger partial charge in [0.05, 0.1) is 19.8 Å². The fourth-order valence-corrected chi connectivity index (χ4v) is 4.36. The standard InChI is InChI=1S/C21H31N3O3/c1-17-3-2-4-19(15-17)23-9-11-24(12-10-23)20(25)16-22-7-5-18(6-8-22)21-26-13-14-27-21/h2-4,15,18,21H,5-14,16H2,1H3. The van der Waals surface area contributed by atoms with Crippen molar-refractivity contribution >= 4 is 11.6 Å². The molecule has 6 heteroatoms. The summed E-state index contributed by atoms with van der Waals surface area (Å²) < 4.78 is 11.3. The van der Waals surface area contributed by atoms with Gasteiger partial charge in [-0.3, -0.25) is 9.69 Å². The molecule has 0 N–H and O–H groups in total. The molecule has 1 aromatic rings. The SMILES string of the molecule is Cc1cccc(N2CCN(C(=O)CN3CCC(C4OCCO4)CC3)CC2)c1. The average Bonchev–Trinajstić information content (AvgIpc) is 3.23. The van der Waals surface area contributed by atoms with Crippen molar-refractivity contribution in [2.45, 2.75) is 26.1 Å². The maximum atomic E-state index is 12.7. The Bertz CT molecular complexity index is 631. The summed E-state index contributed by atoms with van der Waals surface area (Å²) in [6.07, 6.45) is 2.09. The Labute approximate surface area is 162 Å². The third-order valence-corrected chi connectivity index (χ3v) is 6.02. The van der Waals surface area contributed by atoms with Gasteiger partial charge in [0.2, 0.25) is 5.91 Å². The molecule has 148 valence electrons. The molecule has 0 radical (unpaired) electrons. The Balaban J connectivity index is 1.21. The van der Waals surface area contributed by atoms with Gasteiger partial charge in [-0.05, 0) is 50.6 Å². The predicted molar refractivity (Wildman–Crippen MR) is 105 cm³/mol. The highest BCUT2D eigenvalue weighted by Gasteiger charge is 2.31. The molecule has 0 aromatic heterocycles. The summed E-state index contributed by atoms with van der Waals surface area (Å²) in [5.74, 6) is 0.752. The lowest BCUT2D eigenvalue weighted by atomic mass is 9.96. The molecule has 3 fully saturated rings. The quantitative estimate of drug-likeness (QED) is 0.804. The van der Waals surface area contributed by atoms with E-state index in [1.807, 2.05) is 4.90 Å². The number of carbonyl (C=O) groups excluding carboxylic acids is 1. The molecule has 0 aliphatic carbocycles. The fraction of sp³-hybridized carbons (Fsp3) is 0.667. The number of hydrogen-bond donors (Lipinski definition) is 0.